The van der Waals surface area contributed by atoms with E-state index in [4.69, 9.17) is 10.2 Å². The third kappa shape index (κ3) is 4.64. The molecule has 0 amide bonds. The van der Waals surface area contributed by atoms with Crippen LogP contribution < -0.4 is 0 Å². The molecule has 1 aromatic heterocycles. The van der Waals surface area contributed by atoms with E-state index < -0.39 is 0 Å². The second kappa shape index (κ2) is 9.92. The van der Waals surface area contributed by atoms with E-state index in [0.717, 1.165) is 17.5 Å². The van der Waals surface area contributed by atoms with Gasteiger partial charge in [0.25, 0.3) is 0 Å². The molecule has 4 heteroatoms. The van der Waals surface area contributed by atoms with Crippen LogP contribution in [0, 0.1) is 4.40 Å². The molecule has 0 aliphatic carbocycles. The summed E-state index contributed by atoms with van der Waals surface area (Å²) < 4.78 is 5.65. The average molecular weight is 483 g/mol. The quantitative estimate of drug-likeness (QED) is 0.312. The number of imidazole rings is 1. The summed E-state index contributed by atoms with van der Waals surface area (Å²) in [5, 5.41) is 0. The van der Waals surface area contributed by atoms with Gasteiger partial charge in [-0.2, -0.15) is 0 Å². The number of aromatic nitrogens is 2. The molecule has 2 nitrogen and oxygen atoms in total. The fraction of sp³-hybridized carbons (Fsp3) is 0.444. The molecule has 0 unspecified atom stereocenters. The third-order valence-electron chi connectivity index (χ3n) is 5.95. The SMILES string of the molecule is CC(C)c1cccc(C(C)C)c1-n1ccn(-c2c(C(C)C)cccc2C(C)C)[c]1=[Ni][Cl]. The number of benzene rings is 2. The molecule has 0 saturated carbocycles. The number of halogens is 1. The van der Waals surface area contributed by atoms with Gasteiger partial charge in [0.1, 0.15) is 0 Å². The minimum absolute atomic E-state index is 0.425. The third-order valence-corrected chi connectivity index (χ3v) is 7.04. The molecule has 0 spiro atoms. The van der Waals surface area contributed by atoms with Crippen molar-refractivity contribution in [3.8, 4) is 11.4 Å². The first kappa shape index (κ1) is 24.1. The fourth-order valence-electron chi connectivity index (χ4n) is 4.32. The summed E-state index contributed by atoms with van der Waals surface area (Å²) in [5.74, 6) is 1.70. The van der Waals surface area contributed by atoms with E-state index in [1.807, 2.05) is 0 Å². The van der Waals surface area contributed by atoms with Gasteiger partial charge in [0.2, 0.25) is 0 Å². The Labute approximate surface area is 197 Å². The molecule has 171 valence electrons. The van der Waals surface area contributed by atoms with Crippen molar-refractivity contribution in [2.45, 2.75) is 79.1 Å². The summed E-state index contributed by atoms with van der Waals surface area (Å²) in [5.41, 5.74) is 7.95. The Bertz CT molecular complexity index is 980. The van der Waals surface area contributed by atoms with E-state index in [1.54, 1.807) is 0 Å². The van der Waals surface area contributed by atoms with Gasteiger partial charge in [-0.3, -0.25) is 0 Å². The predicted molar refractivity (Wildman–Crippen MR) is 131 cm³/mol. The van der Waals surface area contributed by atoms with E-state index in [1.165, 1.54) is 33.6 Å². The van der Waals surface area contributed by atoms with Gasteiger partial charge in [0.05, 0.1) is 0 Å². The maximum atomic E-state index is 6.60. The first-order chi connectivity index (χ1) is 14.7. The Morgan fingerprint density at radius 1 is 0.581 bits per heavy atom. The molecular weight excluding hydrogens is 446 g/mol. The predicted octanol–water partition coefficient (Wildman–Crippen LogP) is 8.53. The van der Waals surface area contributed by atoms with Crippen LogP contribution in [0.25, 0.3) is 11.4 Å². The molecule has 2 aromatic carbocycles. The van der Waals surface area contributed by atoms with Crippen LogP contribution in [0.5, 0.6) is 0 Å². The van der Waals surface area contributed by atoms with Gasteiger partial charge >= 0.3 is 198 Å². The average Bonchev–Trinajstić information content (AvgIpc) is 3.15. The molecule has 31 heavy (non-hydrogen) atoms. The second-order valence-electron chi connectivity index (χ2n) is 9.53. The van der Waals surface area contributed by atoms with Gasteiger partial charge in [-0.05, 0) is 0 Å². The second-order valence-corrected chi connectivity index (χ2v) is 10.6. The van der Waals surface area contributed by atoms with Crippen molar-refractivity contribution in [1.82, 2.24) is 9.13 Å². The summed E-state index contributed by atoms with van der Waals surface area (Å²) >= 11 is 1.08. The van der Waals surface area contributed by atoms with Crippen LogP contribution in [0.3, 0.4) is 0 Å². The molecular formula is C27H36ClN2Ni. The van der Waals surface area contributed by atoms with E-state index in [2.05, 4.69) is 113 Å². The molecule has 0 fully saturated rings. The van der Waals surface area contributed by atoms with Crippen molar-refractivity contribution in [3.05, 3.63) is 75.4 Å². The van der Waals surface area contributed by atoms with Gasteiger partial charge in [-0.1, -0.05) is 0 Å². The van der Waals surface area contributed by atoms with Crippen molar-refractivity contribution >= 4 is 10.2 Å². The molecule has 3 rings (SSSR count). The molecule has 3 aromatic rings. The Balaban J connectivity index is 2.40. The molecule has 0 saturated heterocycles. The zero-order valence-electron chi connectivity index (χ0n) is 20.0. The Morgan fingerprint density at radius 3 is 1.10 bits per heavy atom. The van der Waals surface area contributed by atoms with Crippen molar-refractivity contribution in [3.63, 3.8) is 0 Å². The summed E-state index contributed by atoms with van der Waals surface area (Å²) in [6.07, 6.45) is 4.37. The zero-order valence-corrected chi connectivity index (χ0v) is 21.8. The number of nitrogens with zero attached hydrogens (tertiary/aromatic N) is 2. The molecule has 0 atom stereocenters. The Morgan fingerprint density at radius 2 is 0.871 bits per heavy atom. The monoisotopic (exact) mass is 481 g/mol. The van der Waals surface area contributed by atoms with Crippen LogP contribution in [-0.4, -0.2) is 9.13 Å². The van der Waals surface area contributed by atoms with Crippen LogP contribution in [-0.2, 0) is 13.1 Å². The molecule has 1 heterocycles. The van der Waals surface area contributed by atoms with E-state index in [0.29, 0.717) is 23.7 Å². The molecule has 0 aliphatic heterocycles. The van der Waals surface area contributed by atoms with Crippen molar-refractivity contribution in [1.29, 1.82) is 0 Å². The first-order valence-corrected chi connectivity index (χ1v) is 13.1. The number of hydrogen-bond acceptors (Lipinski definition) is 0. The summed E-state index contributed by atoms with van der Waals surface area (Å²) in [7, 11) is 6.60. The van der Waals surface area contributed by atoms with E-state index in [-0.39, 0.29) is 0 Å². The number of hydrogen-bond donors (Lipinski definition) is 0. The van der Waals surface area contributed by atoms with Gasteiger partial charge in [0.15, 0.2) is 0 Å². The standard InChI is InChI=1S/C27H36N2.ClH.Ni/c1-18(2)22-11-9-12-23(19(3)4)26(22)28-15-16-29(17-28)27-24(20(5)6)13-10-14-25(27)21(7)8;;/h9-16,18-21H,1-8H3;1H;/q;;+1/p-1. The molecule has 0 N–H and O–H groups in total. The summed E-state index contributed by atoms with van der Waals surface area (Å²) in [6.45, 7) is 18.1. The Hall–Kier alpha value is -1.57. The van der Waals surface area contributed by atoms with E-state index in [9.17, 15) is 0 Å². The van der Waals surface area contributed by atoms with Gasteiger partial charge in [-0.25, -0.2) is 0 Å². The van der Waals surface area contributed by atoms with Gasteiger partial charge in [-0.15, -0.1) is 0 Å². The van der Waals surface area contributed by atoms with Crippen LogP contribution in [0.1, 0.15) is 101 Å². The molecule has 0 aliphatic rings. The summed E-state index contributed by atoms with van der Waals surface area (Å²) in [6, 6.07) is 13.4. The number of para-hydroxylation sites is 2. The maximum absolute atomic E-state index is 6.60. The molecule has 0 radical (unpaired) electrons. The topological polar surface area (TPSA) is 9.86 Å². The minimum atomic E-state index is 0.425. The van der Waals surface area contributed by atoms with Gasteiger partial charge in [0, 0.05) is 0 Å². The molecule has 0 bridgehead atoms. The van der Waals surface area contributed by atoms with Gasteiger partial charge < -0.3 is 0 Å². The van der Waals surface area contributed by atoms with E-state index >= 15 is 0 Å². The summed E-state index contributed by atoms with van der Waals surface area (Å²) in [4.78, 5) is 0. The van der Waals surface area contributed by atoms with Crippen molar-refractivity contribution < 1.29 is 13.1 Å². The van der Waals surface area contributed by atoms with Crippen LogP contribution in [0.4, 0.5) is 0 Å². The zero-order chi connectivity index (χ0) is 22.9. The normalized spacial score (nSPS) is 12.2. The van der Waals surface area contributed by atoms with Crippen molar-refractivity contribution in [2.24, 2.45) is 0 Å². The fourth-order valence-corrected chi connectivity index (χ4v) is 5.34. The number of rotatable bonds is 6. The first-order valence-electron chi connectivity index (χ1n) is 11.3. The van der Waals surface area contributed by atoms with Crippen LogP contribution in [0.15, 0.2) is 48.8 Å². The van der Waals surface area contributed by atoms with Crippen LogP contribution in [0.2, 0.25) is 0 Å². The van der Waals surface area contributed by atoms with Crippen molar-refractivity contribution in [2.75, 3.05) is 0 Å². The Kier molecular flexibility index (Phi) is 7.71. The van der Waals surface area contributed by atoms with Crippen LogP contribution >= 0.6 is 10.2 Å².